The van der Waals surface area contributed by atoms with Gasteiger partial charge in [0.05, 0.1) is 4.92 Å². The van der Waals surface area contributed by atoms with Crippen LogP contribution in [0.4, 0.5) is 5.69 Å². The molecule has 0 aliphatic heterocycles. The zero-order valence-corrected chi connectivity index (χ0v) is 9.44. The first kappa shape index (κ1) is 12.5. The van der Waals surface area contributed by atoms with Gasteiger partial charge in [0.25, 0.3) is 5.69 Å². The van der Waals surface area contributed by atoms with Gasteiger partial charge in [0.1, 0.15) is 0 Å². The Morgan fingerprint density at radius 2 is 2.00 bits per heavy atom. The Morgan fingerprint density at radius 3 is 2.50 bits per heavy atom. The maximum absolute atomic E-state index is 11.1. The van der Waals surface area contributed by atoms with Gasteiger partial charge in [-0.2, -0.15) is 12.6 Å². The van der Waals surface area contributed by atoms with Crippen molar-refractivity contribution in [2.45, 2.75) is 13.0 Å². The van der Waals surface area contributed by atoms with Gasteiger partial charge < -0.3 is 5.32 Å². The minimum atomic E-state index is -0.455. The van der Waals surface area contributed by atoms with Crippen LogP contribution < -0.4 is 5.32 Å². The molecule has 1 aromatic carbocycles. The van der Waals surface area contributed by atoms with Crippen molar-refractivity contribution in [3.05, 3.63) is 39.9 Å². The quantitative estimate of drug-likeness (QED) is 0.466. The average molecular weight is 240 g/mol. The van der Waals surface area contributed by atoms with Crippen molar-refractivity contribution in [2.24, 2.45) is 0 Å². The van der Waals surface area contributed by atoms with Crippen molar-refractivity contribution >= 4 is 24.2 Å². The predicted molar refractivity (Wildman–Crippen MR) is 63.4 cm³/mol. The normalized spacial score (nSPS) is 9.81. The maximum atomic E-state index is 11.1. The average Bonchev–Trinajstić information content (AvgIpc) is 2.27. The van der Waals surface area contributed by atoms with Crippen molar-refractivity contribution in [3.8, 4) is 0 Å². The third kappa shape index (κ3) is 3.90. The molecule has 6 heteroatoms. The van der Waals surface area contributed by atoms with Crippen LogP contribution >= 0.6 is 12.6 Å². The van der Waals surface area contributed by atoms with Gasteiger partial charge in [-0.1, -0.05) is 12.1 Å². The summed E-state index contributed by atoms with van der Waals surface area (Å²) in [6, 6.07) is 6.08. The summed E-state index contributed by atoms with van der Waals surface area (Å²) in [6.07, 6.45) is 0.371. The summed E-state index contributed by atoms with van der Waals surface area (Å²) in [4.78, 5) is 21.1. The SMILES string of the molecule is O=C(CCS)NCc1ccc([N+](=O)[O-])cc1. The second-order valence-corrected chi connectivity index (χ2v) is 3.62. The number of rotatable bonds is 5. The van der Waals surface area contributed by atoms with Crippen molar-refractivity contribution in [2.75, 3.05) is 5.75 Å². The largest absolute Gasteiger partial charge is 0.352 e. The molecule has 0 fully saturated rings. The lowest BCUT2D eigenvalue weighted by molar-refractivity contribution is -0.384. The lowest BCUT2D eigenvalue weighted by Crippen LogP contribution is -2.22. The standard InChI is InChI=1S/C10H12N2O3S/c13-10(5-6-16)11-7-8-1-3-9(4-2-8)12(14)15/h1-4,16H,5-7H2,(H,11,13). The number of thiol groups is 1. The maximum Gasteiger partial charge on any atom is 0.269 e. The number of carbonyl (C=O) groups is 1. The van der Waals surface area contributed by atoms with Crippen LogP contribution in [0.15, 0.2) is 24.3 Å². The van der Waals surface area contributed by atoms with Crippen LogP contribution in [-0.4, -0.2) is 16.6 Å². The van der Waals surface area contributed by atoms with Crippen molar-refractivity contribution in [1.29, 1.82) is 0 Å². The third-order valence-corrected chi connectivity index (χ3v) is 2.20. The molecule has 0 radical (unpaired) electrons. The molecule has 1 aromatic rings. The number of non-ortho nitro benzene ring substituents is 1. The van der Waals surface area contributed by atoms with Crippen LogP contribution in [0.2, 0.25) is 0 Å². The van der Waals surface area contributed by atoms with Crippen LogP contribution in [0.25, 0.3) is 0 Å². The van der Waals surface area contributed by atoms with Gasteiger partial charge in [0.15, 0.2) is 0 Å². The highest BCUT2D eigenvalue weighted by atomic mass is 32.1. The molecular formula is C10H12N2O3S. The van der Waals surface area contributed by atoms with Crippen LogP contribution in [0.1, 0.15) is 12.0 Å². The number of nitro benzene ring substituents is 1. The fourth-order valence-electron chi connectivity index (χ4n) is 1.13. The molecule has 0 aliphatic carbocycles. The van der Waals surface area contributed by atoms with E-state index in [1.54, 1.807) is 12.1 Å². The molecule has 0 unspecified atom stereocenters. The molecule has 16 heavy (non-hydrogen) atoms. The van der Waals surface area contributed by atoms with Gasteiger partial charge in [0.2, 0.25) is 5.91 Å². The molecule has 0 aliphatic rings. The Bertz CT molecular complexity index is 378. The minimum Gasteiger partial charge on any atom is -0.352 e. The van der Waals surface area contributed by atoms with E-state index in [-0.39, 0.29) is 11.6 Å². The van der Waals surface area contributed by atoms with E-state index in [1.807, 2.05) is 0 Å². The highest BCUT2D eigenvalue weighted by molar-refractivity contribution is 7.80. The van der Waals surface area contributed by atoms with Crippen LogP contribution in [0, 0.1) is 10.1 Å². The fraction of sp³-hybridized carbons (Fsp3) is 0.300. The van der Waals surface area contributed by atoms with Crippen molar-refractivity contribution in [1.82, 2.24) is 5.32 Å². The first-order chi connectivity index (χ1) is 7.63. The smallest absolute Gasteiger partial charge is 0.269 e. The number of hydrogen-bond acceptors (Lipinski definition) is 4. The Morgan fingerprint density at radius 1 is 1.38 bits per heavy atom. The Hall–Kier alpha value is -1.56. The summed E-state index contributed by atoms with van der Waals surface area (Å²) in [7, 11) is 0. The van der Waals surface area contributed by atoms with E-state index < -0.39 is 4.92 Å². The highest BCUT2D eigenvalue weighted by Crippen LogP contribution is 2.11. The van der Waals surface area contributed by atoms with E-state index >= 15 is 0 Å². The lowest BCUT2D eigenvalue weighted by Gasteiger charge is -2.03. The van der Waals surface area contributed by atoms with E-state index in [4.69, 9.17) is 0 Å². The van der Waals surface area contributed by atoms with Gasteiger partial charge in [-0.05, 0) is 11.3 Å². The van der Waals surface area contributed by atoms with Crippen LogP contribution in [0.3, 0.4) is 0 Å². The summed E-state index contributed by atoms with van der Waals surface area (Å²) >= 11 is 3.94. The van der Waals surface area contributed by atoms with E-state index in [2.05, 4.69) is 17.9 Å². The van der Waals surface area contributed by atoms with Gasteiger partial charge in [-0.15, -0.1) is 0 Å². The molecule has 0 heterocycles. The molecule has 5 nitrogen and oxygen atoms in total. The molecular weight excluding hydrogens is 228 g/mol. The van der Waals surface area contributed by atoms with E-state index in [9.17, 15) is 14.9 Å². The number of benzene rings is 1. The lowest BCUT2D eigenvalue weighted by atomic mass is 10.2. The molecule has 1 N–H and O–H groups in total. The summed E-state index contributed by atoms with van der Waals surface area (Å²) in [6.45, 7) is 0.380. The molecule has 0 atom stereocenters. The van der Waals surface area contributed by atoms with Gasteiger partial charge in [-0.25, -0.2) is 0 Å². The van der Waals surface area contributed by atoms with Crippen molar-refractivity contribution < 1.29 is 9.72 Å². The van der Waals surface area contributed by atoms with E-state index in [1.165, 1.54) is 12.1 Å². The fourth-order valence-corrected chi connectivity index (χ4v) is 1.33. The first-order valence-electron chi connectivity index (χ1n) is 4.74. The van der Waals surface area contributed by atoms with E-state index in [0.29, 0.717) is 18.7 Å². The molecule has 86 valence electrons. The Kier molecular flexibility index (Phi) is 4.78. The molecule has 1 amide bonds. The summed E-state index contributed by atoms with van der Waals surface area (Å²) < 4.78 is 0. The third-order valence-electron chi connectivity index (χ3n) is 1.98. The molecule has 0 spiro atoms. The van der Waals surface area contributed by atoms with E-state index in [0.717, 1.165) is 5.56 Å². The van der Waals surface area contributed by atoms with Gasteiger partial charge >= 0.3 is 0 Å². The number of amides is 1. The summed E-state index contributed by atoms with van der Waals surface area (Å²) in [5.74, 6) is 0.430. The number of nitrogens with one attached hydrogen (secondary N) is 1. The summed E-state index contributed by atoms with van der Waals surface area (Å²) in [5, 5.41) is 13.1. The first-order valence-corrected chi connectivity index (χ1v) is 5.37. The molecule has 0 saturated carbocycles. The molecule has 0 aromatic heterocycles. The predicted octanol–water partition coefficient (Wildman–Crippen LogP) is 1.53. The zero-order chi connectivity index (χ0) is 12.0. The molecule has 0 saturated heterocycles. The number of carbonyl (C=O) groups excluding carboxylic acids is 1. The van der Waals surface area contributed by atoms with Crippen LogP contribution in [0.5, 0.6) is 0 Å². The minimum absolute atomic E-state index is 0.0467. The second kappa shape index (κ2) is 6.12. The number of nitrogens with zero attached hydrogens (tertiary/aromatic N) is 1. The molecule has 1 rings (SSSR count). The number of hydrogen-bond donors (Lipinski definition) is 2. The summed E-state index contributed by atoms with van der Waals surface area (Å²) in [5.41, 5.74) is 0.878. The Labute approximate surface area is 98.4 Å². The van der Waals surface area contributed by atoms with Crippen LogP contribution in [-0.2, 0) is 11.3 Å². The topological polar surface area (TPSA) is 72.2 Å². The zero-order valence-electron chi connectivity index (χ0n) is 8.55. The van der Waals surface area contributed by atoms with Gasteiger partial charge in [0, 0.05) is 25.1 Å². The highest BCUT2D eigenvalue weighted by Gasteiger charge is 2.04. The second-order valence-electron chi connectivity index (χ2n) is 3.17. The van der Waals surface area contributed by atoms with Crippen molar-refractivity contribution in [3.63, 3.8) is 0 Å². The Balaban J connectivity index is 2.49. The number of nitro groups is 1. The van der Waals surface area contributed by atoms with Gasteiger partial charge in [-0.3, -0.25) is 14.9 Å². The molecule has 0 bridgehead atoms. The monoisotopic (exact) mass is 240 g/mol.